The third-order valence-corrected chi connectivity index (χ3v) is 9.47. The summed E-state index contributed by atoms with van der Waals surface area (Å²) < 4.78 is 44.2. The van der Waals surface area contributed by atoms with E-state index in [1.165, 1.54) is 13.8 Å². The van der Waals surface area contributed by atoms with Crippen molar-refractivity contribution >= 4 is 24.0 Å². The van der Waals surface area contributed by atoms with Crippen LogP contribution in [-0.4, -0.2) is 106 Å². The van der Waals surface area contributed by atoms with Crippen LogP contribution in [0.25, 0.3) is 0 Å². The SMILES string of the molecule is CC(=O)OC[C@H]1O[C@@H](OCCCCCCC(=O)OCC(O)COC(=O)NCCCCCO[C@H]2C[C@@H](C)[C@@H](C)[C@@H](COC(C)=O)O2)C[C@@H](C)[C@H]1C. The van der Waals surface area contributed by atoms with Gasteiger partial charge in [-0.2, -0.15) is 0 Å². The summed E-state index contributed by atoms with van der Waals surface area (Å²) in [6.07, 6.45) is 4.61. The molecule has 290 valence electrons. The maximum atomic E-state index is 12.0. The normalized spacial score (nSPS) is 27.2. The number of carbonyl (C=O) groups excluding carboxylic acids is 4. The number of aliphatic hydroxyl groups is 1. The molecule has 0 bridgehead atoms. The Kier molecular flexibility index (Phi) is 21.5. The van der Waals surface area contributed by atoms with Gasteiger partial charge in [0.2, 0.25) is 0 Å². The van der Waals surface area contributed by atoms with Gasteiger partial charge in [-0.3, -0.25) is 14.4 Å². The number of unbranched alkanes of at least 4 members (excludes halogenated alkanes) is 5. The average Bonchev–Trinajstić information content (AvgIpc) is 3.06. The molecule has 2 aliphatic rings. The molecule has 0 radical (unpaired) electrons. The smallest absolute Gasteiger partial charge is 0.407 e. The number of rotatable bonds is 23. The molecular weight excluding hydrogens is 654 g/mol. The van der Waals surface area contributed by atoms with Gasteiger partial charge in [0.05, 0.1) is 12.2 Å². The van der Waals surface area contributed by atoms with Crippen molar-refractivity contribution in [1.29, 1.82) is 0 Å². The number of esters is 3. The number of amides is 1. The number of hydrogen-bond acceptors (Lipinski definition) is 13. The van der Waals surface area contributed by atoms with E-state index in [0.717, 1.165) is 51.4 Å². The van der Waals surface area contributed by atoms with Crippen LogP contribution in [0.15, 0.2) is 0 Å². The van der Waals surface area contributed by atoms with E-state index in [4.69, 9.17) is 37.9 Å². The van der Waals surface area contributed by atoms with Crippen molar-refractivity contribution in [3.63, 3.8) is 0 Å². The van der Waals surface area contributed by atoms with Gasteiger partial charge in [0.25, 0.3) is 0 Å². The standard InChI is InChI=1S/C36H63NO13/c1-24-18-34(49-31(26(24)3)22-45-28(5)38)43-16-12-8-7-10-14-33(41)47-20-30(40)21-48-36(42)37-15-11-9-13-17-44-35-19-25(2)27(4)32(50-35)23-46-29(6)39/h24-27,30-32,34-35,40H,7-23H2,1-6H3,(H,37,42)/t24-,25-,26-,27-,30?,31-,32-,34-,35-/m1/s1. The van der Waals surface area contributed by atoms with Crippen LogP contribution < -0.4 is 5.32 Å². The molecule has 2 fully saturated rings. The van der Waals surface area contributed by atoms with Crippen LogP contribution in [0.2, 0.25) is 0 Å². The molecule has 14 nitrogen and oxygen atoms in total. The molecule has 14 heteroatoms. The van der Waals surface area contributed by atoms with E-state index in [1.54, 1.807) is 0 Å². The topological polar surface area (TPSA) is 174 Å². The molecule has 2 N–H and O–H groups in total. The minimum absolute atomic E-state index is 0.178. The summed E-state index contributed by atoms with van der Waals surface area (Å²) in [7, 11) is 0. The fraction of sp³-hybridized carbons (Fsp3) is 0.889. The first-order valence-electron chi connectivity index (χ1n) is 18.4. The van der Waals surface area contributed by atoms with E-state index in [-0.39, 0.29) is 81.4 Å². The Hall–Kier alpha value is -2.52. The predicted octanol–water partition coefficient (Wildman–Crippen LogP) is 4.67. The summed E-state index contributed by atoms with van der Waals surface area (Å²) in [5.41, 5.74) is 0. The van der Waals surface area contributed by atoms with Crippen molar-refractivity contribution in [2.24, 2.45) is 23.7 Å². The number of hydrogen-bond donors (Lipinski definition) is 2. The molecule has 2 heterocycles. The Morgan fingerprint density at radius 1 is 0.680 bits per heavy atom. The van der Waals surface area contributed by atoms with Gasteiger partial charge in [0.15, 0.2) is 12.6 Å². The molecule has 0 aliphatic carbocycles. The summed E-state index contributed by atoms with van der Waals surface area (Å²) in [6.45, 7) is 12.7. The van der Waals surface area contributed by atoms with Gasteiger partial charge >= 0.3 is 24.0 Å². The van der Waals surface area contributed by atoms with Gasteiger partial charge < -0.3 is 48.3 Å². The first kappa shape index (κ1) is 43.6. The largest absolute Gasteiger partial charge is 0.463 e. The van der Waals surface area contributed by atoms with Crippen LogP contribution in [0.1, 0.15) is 106 Å². The summed E-state index contributed by atoms with van der Waals surface area (Å²) >= 11 is 0. The number of nitrogens with one attached hydrogen (secondary N) is 1. The minimum Gasteiger partial charge on any atom is -0.463 e. The number of carbonyl (C=O) groups is 4. The van der Waals surface area contributed by atoms with Gasteiger partial charge in [-0.25, -0.2) is 4.79 Å². The lowest BCUT2D eigenvalue weighted by Crippen LogP contribution is -2.42. The first-order valence-corrected chi connectivity index (χ1v) is 18.4. The van der Waals surface area contributed by atoms with Crippen LogP contribution in [0.5, 0.6) is 0 Å². The Labute approximate surface area is 297 Å². The number of ether oxygens (including phenoxy) is 8. The third kappa shape index (κ3) is 18.6. The monoisotopic (exact) mass is 717 g/mol. The molecule has 0 spiro atoms. The minimum atomic E-state index is -1.11. The molecule has 2 aliphatic heterocycles. The van der Waals surface area contributed by atoms with Crippen LogP contribution in [0, 0.1) is 23.7 Å². The zero-order chi connectivity index (χ0) is 36.9. The van der Waals surface area contributed by atoms with Gasteiger partial charge in [-0.15, -0.1) is 0 Å². The Balaban J connectivity index is 1.41. The molecule has 2 saturated heterocycles. The zero-order valence-electron chi connectivity index (χ0n) is 31.1. The van der Waals surface area contributed by atoms with Crippen molar-refractivity contribution in [2.45, 2.75) is 137 Å². The average molecular weight is 718 g/mol. The Bertz CT molecular complexity index is 921. The van der Waals surface area contributed by atoms with Crippen LogP contribution in [-0.2, 0) is 52.3 Å². The van der Waals surface area contributed by atoms with Crippen molar-refractivity contribution in [3.8, 4) is 0 Å². The van der Waals surface area contributed by atoms with Crippen molar-refractivity contribution in [1.82, 2.24) is 5.32 Å². The van der Waals surface area contributed by atoms with E-state index in [2.05, 4.69) is 33.0 Å². The summed E-state index contributed by atoms with van der Waals surface area (Å²) in [4.78, 5) is 46.3. The molecule has 1 amide bonds. The second-order valence-electron chi connectivity index (χ2n) is 13.8. The molecule has 0 aromatic heterocycles. The van der Waals surface area contributed by atoms with Gasteiger partial charge in [-0.05, 0) is 55.8 Å². The Morgan fingerprint density at radius 2 is 1.16 bits per heavy atom. The van der Waals surface area contributed by atoms with Crippen molar-refractivity contribution in [3.05, 3.63) is 0 Å². The first-order chi connectivity index (χ1) is 23.8. The fourth-order valence-corrected chi connectivity index (χ4v) is 5.80. The van der Waals surface area contributed by atoms with Gasteiger partial charge in [0, 0.05) is 52.9 Å². The fourth-order valence-electron chi connectivity index (χ4n) is 5.80. The highest BCUT2D eigenvalue weighted by Gasteiger charge is 2.35. The summed E-state index contributed by atoms with van der Waals surface area (Å²) in [5.74, 6) is 0.262. The van der Waals surface area contributed by atoms with Crippen LogP contribution in [0.3, 0.4) is 0 Å². The second kappa shape index (κ2) is 24.6. The molecule has 1 unspecified atom stereocenters. The van der Waals surface area contributed by atoms with Gasteiger partial charge in [0.1, 0.15) is 32.5 Å². The van der Waals surface area contributed by atoms with E-state index < -0.39 is 18.2 Å². The van der Waals surface area contributed by atoms with E-state index in [1.807, 2.05) is 0 Å². The number of aliphatic hydroxyl groups excluding tert-OH is 1. The highest BCUT2D eigenvalue weighted by atomic mass is 16.7. The highest BCUT2D eigenvalue weighted by molar-refractivity contribution is 5.69. The summed E-state index contributed by atoms with van der Waals surface area (Å²) in [6, 6.07) is 0. The molecule has 0 aromatic carbocycles. The predicted molar refractivity (Wildman–Crippen MR) is 182 cm³/mol. The molecule has 9 atom stereocenters. The molecule has 50 heavy (non-hydrogen) atoms. The second-order valence-corrected chi connectivity index (χ2v) is 13.8. The lowest BCUT2D eigenvalue weighted by Gasteiger charge is -2.38. The highest BCUT2D eigenvalue weighted by Crippen LogP contribution is 2.32. The maximum absolute atomic E-state index is 12.0. The van der Waals surface area contributed by atoms with Crippen molar-refractivity contribution in [2.75, 3.05) is 46.2 Å². The molecular formula is C36H63NO13. The molecule has 0 saturated carbocycles. The summed E-state index contributed by atoms with van der Waals surface area (Å²) in [5, 5.41) is 12.7. The third-order valence-electron chi connectivity index (χ3n) is 9.47. The van der Waals surface area contributed by atoms with E-state index in [9.17, 15) is 24.3 Å². The number of alkyl carbamates (subject to hydrolysis) is 1. The molecule has 2 rings (SSSR count). The van der Waals surface area contributed by atoms with E-state index in [0.29, 0.717) is 38.0 Å². The maximum Gasteiger partial charge on any atom is 0.407 e. The quantitative estimate of drug-likeness (QED) is 0.0849. The van der Waals surface area contributed by atoms with E-state index >= 15 is 0 Å². The molecule has 0 aromatic rings. The van der Waals surface area contributed by atoms with Crippen LogP contribution >= 0.6 is 0 Å². The van der Waals surface area contributed by atoms with Gasteiger partial charge in [-0.1, -0.05) is 40.5 Å². The zero-order valence-corrected chi connectivity index (χ0v) is 31.1. The Morgan fingerprint density at radius 3 is 1.68 bits per heavy atom. The lowest BCUT2D eigenvalue weighted by molar-refractivity contribution is -0.231. The van der Waals surface area contributed by atoms with Crippen LogP contribution in [0.4, 0.5) is 4.79 Å². The van der Waals surface area contributed by atoms with Crippen molar-refractivity contribution < 1.29 is 62.2 Å². The lowest BCUT2D eigenvalue weighted by atomic mass is 9.86.